The Morgan fingerprint density at radius 2 is 1.74 bits per heavy atom. The van der Waals surface area contributed by atoms with Gasteiger partial charge in [-0.15, -0.1) is 10.2 Å². The van der Waals surface area contributed by atoms with E-state index in [9.17, 15) is 14.7 Å². The summed E-state index contributed by atoms with van der Waals surface area (Å²) in [6, 6.07) is 14.0. The first-order chi connectivity index (χ1) is 18.4. The number of carbonyl (C=O) groups is 2. The number of nitrogens with zero attached hydrogens (tertiary/aromatic N) is 6. The Morgan fingerprint density at radius 3 is 2.39 bits per heavy atom. The van der Waals surface area contributed by atoms with E-state index in [0.717, 1.165) is 50.1 Å². The lowest BCUT2D eigenvalue weighted by Crippen LogP contribution is -2.51. The molecule has 5 rings (SSSR count). The molecule has 0 spiro atoms. The van der Waals surface area contributed by atoms with Crippen molar-refractivity contribution in [1.29, 1.82) is 0 Å². The zero-order chi connectivity index (χ0) is 26.6. The maximum absolute atomic E-state index is 12.9. The maximum atomic E-state index is 12.9. The number of aromatic nitrogens is 3. The number of phenols is 1. The highest BCUT2D eigenvalue weighted by atomic mass is 16.3. The first-order valence-electron chi connectivity index (χ1n) is 13.5. The Morgan fingerprint density at radius 1 is 1.03 bits per heavy atom. The van der Waals surface area contributed by atoms with Crippen molar-refractivity contribution in [2.45, 2.75) is 39.2 Å². The van der Waals surface area contributed by atoms with E-state index in [1.54, 1.807) is 17.3 Å². The monoisotopic (exact) mass is 516 g/mol. The van der Waals surface area contributed by atoms with Crippen molar-refractivity contribution in [2.24, 2.45) is 5.92 Å². The van der Waals surface area contributed by atoms with Gasteiger partial charge in [0.05, 0.1) is 5.56 Å². The van der Waals surface area contributed by atoms with E-state index in [2.05, 4.69) is 53.2 Å². The molecule has 1 N–H and O–H groups in total. The van der Waals surface area contributed by atoms with Crippen molar-refractivity contribution >= 4 is 12.3 Å². The van der Waals surface area contributed by atoms with Gasteiger partial charge in [0.1, 0.15) is 12.1 Å². The summed E-state index contributed by atoms with van der Waals surface area (Å²) in [4.78, 5) is 29.9. The van der Waals surface area contributed by atoms with E-state index >= 15 is 0 Å². The van der Waals surface area contributed by atoms with Gasteiger partial charge in [0.2, 0.25) is 12.3 Å². The quantitative estimate of drug-likeness (QED) is 0.485. The second-order valence-corrected chi connectivity index (χ2v) is 10.6. The van der Waals surface area contributed by atoms with Gasteiger partial charge in [0.15, 0.2) is 5.82 Å². The number of hydrogen-bond acceptors (Lipinski definition) is 6. The highest BCUT2D eigenvalue weighted by Gasteiger charge is 2.30. The molecular formula is C29H36N6O3. The Balaban J connectivity index is 1.19. The van der Waals surface area contributed by atoms with E-state index in [1.807, 2.05) is 21.6 Å². The van der Waals surface area contributed by atoms with Crippen LogP contribution < -0.4 is 0 Å². The van der Waals surface area contributed by atoms with Crippen LogP contribution in [0.5, 0.6) is 5.75 Å². The van der Waals surface area contributed by atoms with Gasteiger partial charge in [-0.05, 0) is 67.2 Å². The third-order valence-electron chi connectivity index (χ3n) is 7.81. The Bertz CT molecular complexity index is 1260. The molecule has 2 amide bonds. The minimum Gasteiger partial charge on any atom is -0.507 e. The molecule has 9 nitrogen and oxygen atoms in total. The van der Waals surface area contributed by atoms with Crippen LogP contribution in [-0.4, -0.2) is 86.2 Å². The Labute approximate surface area is 223 Å². The molecule has 2 saturated heterocycles. The predicted octanol–water partition coefficient (Wildman–Crippen LogP) is 3.28. The molecule has 3 heterocycles. The molecule has 3 aromatic rings. The minimum atomic E-state index is 0.0779. The number of piperidine rings is 1. The summed E-state index contributed by atoms with van der Waals surface area (Å²) < 4.78 is 1.90. The number of piperazine rings is 1. The number of benzene rings is 2. The van der Waals surface area contributed by atoms with Crippen LogP contribution in [0.15, 0.2) is 48.8 Å². The van der Waals surface area contributed by atoms with Crippen LogP contribution in [0.1, 0.15) is 43.7 Å². The fraction of sp³-hybridized carbons (Fsp3) is 0.448. The van der Waals surface area contributed by atoms with E-state index in [-0.39, 0.29) is 17.6 Å². The second-order valence-electron chi connectivity index (χ2n) is 10.6. The number of rotatable bonds is 7. The SMILES string of the molecule is CC(C)c1ccc(O)c(-c2nncn2-c2ccc(CN3CCC(C(=O)N4CCN(C=O)CC4)CC3)cc2)c1. The van der Waals surface area contributed by atoms with Crippen molar-refractivity contribution < 1.29 is 14.7 Å². The van der Waals surface area contributed by atoms with Gasteiger partial charge in [-0.25, -0.2) is 0 Å². The molecule has 9 heteroatoms. The third-order valence-corrected chi connectivity index (χ3v) is 7.81. The third kappa shape index (κ3) is 5.57. The van der Waals surface area contributed by atoms with Gasteiger partial charge in [0.25, 0.3) is 0 Å². The summed E-state index contributed by atoms with van der Waals surface area (Å²) in [6.45, 7) is 9.42. The summed E-state index contributed by atoms with van der Waals surface area (Å²) in [5.41, 5.74) is 3.94. The van der Waals surface area contributed by atoms with Crippen LogP contribution in [0.25, 0.3) is 17.1 Å². The van der Waals surface area contributed by atoms with Crippen molar-refractivity contribution in [1.82, 2.24) is 29.5 Å². The zero-order valence-corrected chi connectivity index (χ0v) is 22.2. The molecule has 2 fully saturated rings. The number of amides is 2. The molecule has 200 valence electrons. The van der Waals surface area contributed by atoms with Crippen molar-refractivity contribution in [3.05, 3.63) is 59.9 Å². The molecule has 0 radical (unpaired) electrons. The summed E-state index contributed by atoms with van der Waals surface area (Å²) in [7, 11) is 0. The van der Waals surface area contributed by atoms with E-state index < -0.39 is 0 Å². The van der Waals surface area contributed by atoms with Crippen LogP contribution in [-0.2, 0) is 16.1 Å². The van der Waals surface area contributed by atoms with Crippen molar-refractivity contribution in [3.8, 4) is 22.8 Å². The Kier molecular flexibility index (Phi) is 7.74. The summed E-state index contributed by atoms with van der Waals surface area (Å²) >= 11 is 0. The van der Waals surface area contributed by atoms with Gasteiger partial charge in [0, 0.05) is 44.3 Å². The molecule has 0 unspecified atom stereocenters. The van der Waals surface area contributed by atoms with E-state index in [0.29, 0.717) is 43.5 Å². The normalized spacial score (nSPS) is 17.2. The number of phenolic OH excluding ortho intramolecular Hbond substituents is 1. The highest BCUT2D eigenvalue weighted by Crippen LogP contribution is 2.32. The molecule has 2 aromatic carbocycles. The van der Waals surface area contributed by atoms with Crippen LogP contribution in [0.4, 0.5) is 0 Å². The topological polar surface area (TPSA) is 94.8 Å². The van der Waals surface area contributed by atoms with Crippen LogP contribution >= 0.6 is 0 Å². The number of likely N-dealkylation sites (tertiary alicyclic amines) is 1. The first-order valence-corrected chi connectivity index (χ1v) is 13.5. The smallest absolute Gasteiger partial charge is 0.225 e. The molecule has 0 bridgehead atoms. The summed E-state index contributed by atoms with van der Waals surface area (Å²) in [5, 5.41) is 18.9. The molecule has 2 aliphatic heterocycles. The molecule has 1 aromatic heterocycles. The average molecular weight is 517 g/mol. The molecule has 0 aliphatic carbocycles. The molecule has 0 saturated carbocycles. The van der Waals surface area contributed by atoms with Crippen molar-refractivity contribution in [3.63, 3.8) is 0 Å². The lowest BCUT2D eigenvalue weighted by atomic mass is 9.94. The van der Waals surface area contributed by atoms with Gasteiger partial charge < -0.3 is 14.9 Å². The molecule has 2 aliphatic rings. The summed E-state index contributed by atoms with van der Waals surface area (Å²) in [6.07, 6.45) is 4.28. The van der Waals surface area contributed by atoms with Gasteiger partial charge in [-0.3, -0.25) is 19.1 Å². The maximum Gasteiger partial charge on any atom is 0.225 e. The number of carbonyl (C=O) groups excluding carboxylic acids is 2. The molecule has 0 atom stereocenters. The van der Waals surface area contributed by atoms with E-state index in [4.69, 9.17) is 0 Å². The zero-order valence-electron chi connectivity index (χ0n) is 22.2. The van der Waals surface area contributed by atoms with E-state index in [1.165, 1.54) is 5.56 Å². The van der Waals surface area contributed by atoms with Crippen LogP contribution in [0.2, 0.25) is 0 Å². The minimum absolute atomic E-state index is 0.0779. The Hall–Kier alpha value is -3.72. The predicted molar refractivity (Wildman–Crippen MR) is 145 cm³/mol. The summed E-state index contributed by atoms with van der Waals surface area (Å²) in [5.74, 6) is 1.46. The molecular weight excluding hydrogens is 480 g/mol. The largest absolute Gasteiger partial charge is 0.507 e. The number of aromatic hydroxyl groups is 1. The van der Waals surface area contributed by atoms with Crippen molar-refractivity contribution in [2.75, 3.05) is 39.3 Å². The fourth-order valence-corrected chi connectivity index (χ4v) is 5.36. The fourth-order valence-electron chi connectivity index (χ4n) is 5.36. The highest BCUT2D eigenvalue weighted by molar-refractivity contribution is 5.79. The second kappa shape index (κ2) is 11.3. The van der Waals surface area contributed by atoms with Crippen LogP contribution in [0.3, 0.4) is 0 Å². The van der Waals surface area contributed by atoms with Gasteiger partial charge in [-0.2, -0.15) is 0 Å². The average Bonchev–Trinajstić information content (AvgIpc) is 3.43. The van der Waals surface area contributed by atoms with Crippen LogP contribution in [0, 0.1) is 5.92 Å². The first kappa shape index (κ1) is 25.9. The standard InChI is InChI=1S/C29H36N6O3/c1-21(2)24-5-8-27(37)26(17-24)28-31-30-19-35(28)25-6-3-22(4-7-25)18-32-11-9-23(10-12-32)29(38)34-15-13-33(20-36)14-16-34/h3-8,17,19-21,23,37H,9-16,18H2,1-2H3. The van der Waals surface area contributed by atoms with Gasteiger partial charge in [-0.1, -0.05) is 32.0 Å². The number of hydrogen-bond donors (Lipinski definition) is 1. The lowest BCUT2D eigenvalue weighted by molar-refractivity contribution is -0.140. The van der Waals surface area contributed by atoms with Gasteiger partial charge >= 0.3 is 0 Å². The molecule has 38 heavy (non-hydrogen) atoms. The lowest BCUT2D eigenvalue weighted by Gasteiger charge is -2.37.